The zero-order valence-corrected chi connectivity index (χ0v) is 12.6. The zero-order valence-electron chi connectivity index (χ0n) is 11.0. The Labute approximate surface area is 122 Å². The van der Waals surface area contributed by atoms with Crippen LogP contribution < -0.4 is 5.32 Å². The Balaban J connectivity index is 2.33. The molecule has 1 unspecified atom stereocenters. The number of halogens is 2. The van der Waals surface area contributed by atoms with E-state index in [1.165, 1.54) is 15.8 Å². The Bertz CT molecular complexity index is 553. The van der Waals surface area contributed by atoms with Crippen molar-refractivity contribution in [1.29, 1.82) is 0 Å². The molecule has 0 bridgehead atoms. The summed E-state index contributed by atoms with van der Waals surface area (Å²) in [5, 5.41) is 3.63. The fourth-order valence-electron chi connectivity index (χ4n) is 1.97. The third kappa shape index (κ3) is 3.56. The first-order valence-corrected chi connectivity index (χ1v) is 7.56. The Kier molecular flexibility index (Phi) is 4.97. The molecule has 0 aliphatic heterocycles. The van der Waals surface area contributed by atoms with E-state index in [1.807, 2.05) is 6.07 Å². The van der Waals surface area contributed by atoms with Crippen molar-refractivity contribution in [3.8, 4) is 0 Å². The van der Waals surface area contributed by atoms with Crippen LogP contribution >= 0.6 is 22.9 Å². The minimum absolute atomic E-state index is 0.0328. The first-order chi connectivity index (χ1) is 9.11. The first kappa shape index (κ1) is 14.5. The number of hydrogen-bond acceptors (Lipinski definition) is 2. The third-order valence-electron chi connectivity index (χ3n) is 2.92. The lowest BCUT2D eigenvalue weighted by molar-refractivity contribution is 0.591. The van der Waals surface area contributed by atoms with Crippen molar-refractivity contribution in [2.24, 2.45) is 0 Å². The fourth-order valence-corrected chi connectivity index (χ4v) is 3.07. The van der Waals surface area contributed by atoms with E-state index in [2.05, 4.69) is 31.3 Å². The van der Waals surface area contributed by atoms with Gasteiger partial charge in [-0.25, -0.2) is 4.39 Å². The summed E-state index contributed by atoms with van der Waals surface area (Å²) in [5.74, 6) is -0.365. The summed E-state index contributed by atoms with van der Waals surface area (Å²) in [6.07, 6.45) is 1.04. The summed E-state index contributed by atoms with van der Waals surface area (Å²) < 4.78 is 13.6. The van der Waals surface area contributed by atoms with Crippen molar-refractivity contribution in [1.82, 2.24) is 5.32 Å². The number of thiophene rings is 1. The normalized spacial score (nSPS) is 12.6. The minimum Gasteiger partial charge on any atom is -0.306 e. The maximum atomic E-state index is 13.6. The largest absolute Gasteiger partial charge is 0.306 e. The Hall–Kier alpha value is -0.900. The highest BCUT2D eigenvalue weighted by atomic mass is 35.5. The SMILES string of the molecule is CCCNC(c1ccc(Cl)c(F)c1)c1ccc(C)s1. The van der Waals surface area contributed by atoms with E-state index in [0.29, 0.717) is 0 Å². The molecule has 0 amide bonds. The molecule has 1 nitrogen and oxygen atoms in total. The van der Waals surface area contributed by atoms with Gasteiger partial charge in [-0.3, -0.25) is 0 Å². The molecule has 1 aromatic carbocycles. The lowest BCUT2D eigenvalue weighted by atomic mass is 10.0. The monoisotopic (exact) mass is 297 g/mol. The molecule has 102 valence electrons. The summed E-state index contributed by atoms with van der Waals surface area (Å²) in [5.41, 5.74) is 0.914. The molecule has 1 N–H and O–H groups in total. The van der Waals surface area contributed by atoms with Crippen LogP contribution in [0.3, 0.4) is 0 Å². The van der Waals surface area contributed by atoms with Gasteiger partial charge in [0, 0.05) is 9.75 Å². The average molecular weight is 298 g/mol. The van der Waals surface area contributed by atoms with E-state index in [0.717, 1.165) is 18.5 Å². The highest BCUT2D eigenvalue weighted by molar-refractivity contribution is 7.12. The van der Waals surface area contributed by atoms with Crippen molar-refractivity contribution in [3.05, 3.63) is 56.5 Å². The standard InChI is InChI=1S/C15H17ClFNS/c1-3-8-18-15(14-7-4-10(2)19-14)11-5-6-12(16)13(17)9-11/h4-7,9,15,18H,3,8H2,1-2H3. The Morgan fingerprint density at radius 1 is 1.32 bits per heavy atom. The van der Waals surface area contributed by atoms with Crippen LogP contribution in [0.2, 0.25) is 5.02 Å². The molecule has 1 atom stereocenters. The van der Waals surface area contributed by atoms with Crippen LogP contribution in [-0.2, 0) is 0 Å². The van der Waals surface area contributed by atoms with Gasteiger partial charge in [-0.2, -0.15) is 0 Å². The molecule has 2 rings (SSSR count). The van der Waals surface area contributed by atoms with Crippen molar-refractivity contribution in [3.63, 3.8) is 0 Å². The van der Waals surface area contributed by atoms with Gasteiger partial charge in [0.15, 0.2) is 0 Å². The highest BCUT2D eigenvalue weighted by Crippen LogP contribution is 2.30. The van der Waals surface area contributed by atoms with Crippen LogP contribution in [0.5, 0.6) is 0 Å². The van der Waals surface area contributed by atoms with Crippen LogP contribution in [0.15, 0.2) is 30.3 Å². The fraction of sp³-hybridized carbons (Fsp3) is 0.333. The maximum absolute atomic E-state index is 13.6. The van der Waals surface area contributed by atoms with Gasteiger partial charge in [0.1, 0.15) is 5.82 Å². The summed E-state index contributed by atoms with van der Waals surface area (Å²) in [6, 6.07) is 9.24. The lowest BCUT2D eigenvalue weighted by Gasteiger charge is -2.18. The van der Waals surface area contributed by atoms with Crippen LogP contribution in [0, 0.1) is 12.7 Å². The summed E-state index contributed by atoms with van der Waals surface area (Å²) >= 11 is 7.48. The van der Waals surface area contributed by atoms with Crippen molar-refractivity contribution >= 4 is 22.9 Å². The second-order valence-electron chi connectivity index (χ2n) is 4.51. The van der Waals surface area contributed by atoms with Crippen LogP contribution in [0.4, 0.5) is 4.39 Å². The molecule has 19 heavy (non-hydrogen) atoms. The predicted octanol–water partition coefficient (Wildman–Crippen LogP) is 4.94. The van der Waals surface area contributed by atoms with E-state index < -0.39 is 0 Å². The van der Waals surface area contributed by atoms with Gasteiger partial charge in [-0.1, -0.05) is 24.6 Å². The number of benzene rings is 1. The second-order valence-corrected chi connectivity index (χ2v) is 6.24. The number of rotatable bonds is 5. The molecule has 1 heterocycles. The third-order valence-corrected chi connectivity index (χ3v) is 4.29. The van der Waals surface area contributed by atoms with E-state index in [1.54, 1.807) is 17.4 Å². The molecule has 1 aromatic heterocycles. The molecular formula is C15H17ClFNS. The van der Waals surface area contributed by atoms with Gasteiger partial charge in [0.05, 0.1) is 11.1 Å². The highest BCUT2D eigenvalue weighted by Gasteiger charge is 2.16. The van der Waals surface area contributed by atoms with E-state index in [9.17, 15) is 4.39 Å². The van der Waals surface area contributed by atoms with Crippen molar-refractivity contribution in [2.75, 3.05) is 6.54 Å². The van der Waals surface area contributed by atoms with E-state index in [-0.39, 0.29) is 16.9 Å². The summed E-state index contributed by atoms with van der Waals surface area (Å²) in [7, 11) is 0. The van der Waals surface area contributed by atoms with Crippen LogP contribution in [-0.4, -0.2) is 6.54 Å². The van der Waals surface area contributed by atoms with Gasteiger partial charge in [-0.05, 0) is 49.7 Å². The number of nitrogens with one attached hydrogen (secondary N) is 1. The summed E-state index contributed by atoms with van der Waals surface area (Å²) in [6.45, 7) is 5.09. The molecule has 0 aliphatic carbocycles. The van der Waals surface area contributed by atoms with Gasteiger partial charge in [0.25, 0.3) is 0 Å². The van der Waals surface area contributed by atoms with Crippen LogP contribution in [0.25, 0.3) is 0 Å². The number of aryl methyl sites for hydroxylation is 1. The van der Waals surface area contributed by atoms with Crippen molar-refractivity contribution in [2.45, 2.75) is 26.3 Å². The summed E-state index contributed by atoms with van der Waals surface area (Å²) in [4.78, 5) is 2.46. The molecule has 0 radical (unpaired) electrons. The van der Waals surface area contributed by atoms with E-state index in [4.69, 9.17) is 11.6 Å². The molecule has 0 saturated heterocycles. The molecular weight excluding hydrogens is 281 g/mol. The first-order valence-electron chi connectivity index (χ1n) is 6.36. The van der Waals surface area contributed by atoms with Gasteiger partial charge in [0.2, 0.25) is 0 Å². The topological polar surface area (TPSA) is 12.0 Å². The molecule has 0 aliphatic rings. The van der Waals surface area contributed by atoms with Gasteiger partial charge in [-0.15, -0.1) is 11.3 Å². The zero-order chi connectivity index (χ0) is 13.8. The molecule has 0 fully saturated rings. The quantitative estimate of drug-likeness (QED) is 0.824. The lowest BCUT2D eigenvalue weighted by Crippen LogP contribution is -2.22. The minimum atomic E-state index is -0.365. The molecule has 2 aromatic rings. The Morgan fingerprint density at radius 2 is 2.11 bits per heavy atom. The second kappa shape index (κ2) is 6.51. The predicted molar refractivity (Wildman–Crippen MR) is 80.6 cm³/mol. The number of hydrogen-bond donors (Lipinski definition) is 1. The van der Waals surface area contributed by atoms with E-state index >= 15 is 0 Å². The van der Waals surface area contributed by atoms with Gasteiger partial charge < -0.3 is 5.32 Å². The van der Waals surface area contributed by atoms with Gasteiger partial charge >= 0.3 is 0 Å². The Morgan fingerprint density at radius 3 is 2.68 bits per heavy atom. The maximum Gasteiger partial charge on any atom is 0.142 e. The smallest absolute Gasteiger partial charge is 0.142 e. The average Bonchev–Trinajstić information content (AvgIpc) is 2.80. The molecule has 0 spiro atoms. The van der Waals surface area contributed by atoms with Crippen LogP contribution in [0.1, 0.15) is 34.7 Å². The molecule has 0 saturated carbocycles. The molecule has 4 heteroatoms. The van der Waals surface area contributed by atoms with Crippen molar-refractivity contribution < 1.29 is 4.39 Å².